The van der Waals surface area contributed by atoms with E-state index < -0.39 is 0 Å². The second-order valence-electron chi connectivity index (χ2n) is 7.21. The van der Waals surface area contributed by atoms with Crippen molar-refractivity contribution in [3.63, 3.8) is 0 Å². The van der Waals surface area contributed by atoms with Crippen LogP contribution in [-0.4, -0.2) is 54.3 Å². The lowest BCUT2D eigenvalue weighted by Gasteiger charge is -2.34. The molecule has 2 aliphatic rings. The van der Waals surface area contributed by atoms with Gasteiger partial charge in [0.2, 0.25) is 5.91 Å². The number of fused-ring (bicyclic) bond motifs is 1. The topological polar surface area (TPSA) is 43.9 Å². The first-order valence-corrected chi connectivity index (χ1v) is 9.64. The molecule has 2 aromatic rings. The third-order valence-corrected chi connectivity index (χ3v) is 5.55. The van der Waals surface area contributed by atoms with Crippen molar-refractivity contribution < 1.29 is 9.59 Å². The zero-order chi connectivity index (χ0) is 18.8. The molecule has 0 radical (unpaired) electrons. The van der Waals surface area contributed by atoms with Crippen LogP contribution in [0, 0.1) is 0 Å². The molecular formula is C22H25N3O2. The highest BCUT2D eigenvalue weighted by molar-refractivity contribution is 6.03. The molecule has 140 valence electrons. The zero-order valence-electron chi connectivity index (χ0n) is 15.7. The lowest BCUT2D eigenvalue weighted by Crippen LogP contribution is -2.48. The van der Waals surface area contributed by atoms with Gasteiger partial charge in [-0.2, -0.15) is 0 Å². The molecule has 0 bridgehead atoms. The maximum absolute atomic E-state index is 12.9. The number of benzene rings is 2. The molecule has 2 heterocycles. The SMILES string of the molecule is CCN1CCN(C(=O)c2ccc3c(c2)CC(=O)N3Cc2ccccc2)CC1. The van der Waals surface area contributed by atoms with Gasteiger partial charge >= 0.3 is 0 Å². The fraction of sp³-hybridized carbons (Fsp3) is 0.364. The molecule has 2 amide bonds. The van der Waals surface area contributed by atoms with E-state index in [2.05, 4.69) is 11.8 Å². The molecule has 0 atom stereocenters. The van der Waals surface area contributed by atoms with Crippen molar-refractivity contribution in [1.29, 1.82) is 0 Å². The number of carbonyl (C=O) groups excluding carboxylic acids is 2. The summed E-state index contributed by atoms with van der Waals surface area (Å²) in [6.45, 7) is 7.13. The average molecular weight is 363 g/mol. The Labute approximate surface area is 160 Å². The van der Waals surface area contributed by atoms with Crippen LogP contribution in [0.5, 0.6) is 0 Å². The summed E-state index contributed by atoms with van der Waals surface area (Å²) in [5.41, 5.74) is 3.67. The zero-order valence-corrected chi connectivity index (χ0v) is 15.7. The molecule has 0 saturated carbocycles. The van der Waals surface area contributed by atoms with Crippen LogP contribution < -0.4 is 4.90 Å². The Kier molecular flexibility index (Phi) is 4.94. The Hall–Kier alpha value is -2.66. The second kappa shape index (κ2) is 7.53. The van der Waals surface area contributed by atoms with Crippen LogP contribution >= 0.6 is 0 Å². The number of piperazine rings is 1. The van der Waals surface area contributed by atoms with Crippen LogP contribution in [-0.2, 0) is 17.8 Å². The maximum Gasteiger partial charge on any atom is 0.253 e. The Morgan fingerprint density at radius 3 is 2.44 bits per heavy atom. The summed E-state index contributed by atoms with van der Waals surface area (Å²) < 4.78 is 0. The number of anilines is 1. The molecular weight excluding hydrogens is 338 g/mol. The van der Waals surface area contributed by atoms with E-state index in [9.17, 15) is 9.59 Å². The average Bonchev–Trinajstić information content (AvgIpc) is 3.02. The predicted octanol–water partition coefficient (Wildman–Crippen LogP) is 2.55. The molecule has 0 N–H and O–H groups in total. The lowest BCUT2D eigenvalue weighted by atomic mass is 10.1. The van der Waals surface area contributed by atoms with Crippen molar-refractivity contribution in [3.8, 4) is 0 Å². The lowest BCUT2D eigenvalue weighted by molar-refractivity contribution is -0.117. The molecule has 2 aliphatic heterocycles. The van der Waals surface area contributed by atoms with Gasteiger partial charge in [-0.05, 0) is 35.9 Å². The van der Waals surface area contributed by atoms with E-state index in [1.165, 1.54) is 0 Å². The molecule has 0 spiro atoms. The molecule has 0 unspecified atom stereocenters. The molecule has 5 nitrogen and oxygen atoms in total. The fourth-order valence-electron chi connectivity index (χ4n) is 3.91. The number of nitrogens with zero attached hydrogens (tertiary/aromatic N) is 3. The number of amides is 2. The fourth-order valence-corrected chi connectivity index (χ4v) is 3.91. The van der Waals surface area contributed by atoms with E-state index in [1.54, 1.807) is 0 Å². The van der Waals surface area contributed by atoms with Gasteiger partial charge in [0.1, 0.15) is 0 Å². The van der Waals surface area contributed by atoms with Crippen LogP contribution in [0.3, 0.4) is 0 Å². The number of rotatable bonds is 4. The summed E-state index contributed by atoms with van der Waals surface area (Å²) in [5.74, 6) is 0.164. The first kappa shape index (κ1) is 17.7. The van der Waals surface area contributed by atoms with Gasteiger partial charge in [-0.25, -0.2) is 0 Å². The van der Waals surface area contributed by atoms with Crippen LogP contribution in [0.4, 0.5) is 5.69 Å². The van der Waals surface area contributed by atoms with Gasteiger partial charge in [0.15, 0.2) is 0 Å². The summed E-state index contributed by atoms with van der Waals surface area (Å²) >= 11 is 0. The summed E-state index contributed by atoms with van der Waals surface area (Å²) in [7, 11) is 0. The Balaban J connectivity index is 1.50. The number of likely N-dealkylation sites (N-methyl/N-ethyl adjacent to an activating group) is 1. The van der Waals surface area contributed by atoms with Crippen molar-refractivity contribution in [2.75, 3.05) is 37.6 Å². The third kappa shape index (κ3) is 3.60. The standard InChI is InChI=1S/C22H25N3O2/c1-2-23-10-12-24(13-11-23)22(27)18-8-9-20-19(14-18)15-21(26)25(20)16-17-6-4-3-5-7-17/h3-9,14H,2,10-13,15-16H2,1H3. The quantitative estimate of drug-likeness (QED) is 0.839. The van der Waals surface area contributed by atoms with Crippen molar-refractivity contribution in [2.24, 2.45) is 0 Å². The first-order chi connectivity index (χ1) is 13.2. The van der Waals surface area contributed by atoms with Crippen molar-refractivity contribution in [1.82, 2.24) is 9.80 Å². The smallest absolute Gasteiger partial charge is 0.253 e. The monoisotopic (exact) mass is 363 g/mol. The minimum Gasteiger partial charge on any atom is -0.336 e. The minimum absolute atomic E-state index is 0.0718. The number of hydrogen-bond donors (Lipinski definition) is 0. The number of carbonyl (C=O) groups is 2. The largest absolute Gasteiger partial charge is 0.336 e. The summed E-state index contributed by atoms with van der Waals surface area (Å²) in [6.07, 6.45) is 0.368. The van der Waals surface area contributed by atoms with Gasteiger partial charge in [-0.1, -0.05) is 37.3 Å². The highest BCUT2D eigenvalue weighted by Crippen LogP contribution is 2.31. The maximum atomic E-state index is 12.9. The summed E-state index contributed by atoms with van der Waals surface area (Å²) in [6, 6.07) is 15.7. The van der Waals surface area contributed by atoms with Gasteiger partial charge in [0.25, 0.3) is 5.91 Å². The first-order valence-electron chi connectivity index (χ1n) is 9.64. The van der Waals surface area contributed by atoms with E-state index in [4.69, 9.17) is 0 Å². The van der Waals surface area contributed by atoms with Gasteiger partial charge in [-0.15, -0.1) is 0 Å². The van der Waals surface area contributed by atoms with Crippen molar-refractivity contribution in [3.05, 3.63) is 65.2 Å². The van der Waals surface area contributed by atoms with Gasteiger partial charge in [0.05, 0.1) is 13.0 Å². The molecule has 4 rings (SSSR count). The predicted molar refractivity (Wildman–Crippen MR) is 106 cm³/mol. The van der Waals surface area contributed by atoms with Crippen LogP contribution in [0.15, 0.2) is 48.5 Å². The Bertz CT molecular complexity index is 842. The third-order valence-electron chi connectivity index (χ3n) is 5.55. The van der Waals surface area contributed by atoms with E-state index in [0.717, 1.165) is 49.5 Å². The normalized spacial score (nSPS) is 17.3. The van der Waals surface area contributed by atoms with Crippen LogP contribution in [0.2, 0.25) is 0 Å². The summed E-state index contributed by atoms with van der Waals surface area (Å²) in [4.78, 5) is 31.5. The van der Waals surface area contributed by atoms with Crippen LogP contribution in [0.25, 0.3) is 0 Å². The minimum atomic E-state index is 0.0718. The van der Waals surface area contributed by atoms with Gasteiger partial charge in [0, 0.05) is 37.4 Å². The Morgan fingerprint density at radius 2 is 1.74 bits per heavy atom. The van der Waals surface area contributed by atoms with Crippen LogP contribution in [0.1, 0.15) is 28.4 Å². The Morgan fingerprint density at radius 1 is 1.00 bits per heavy atom. The van der Waals surface area contributed by atoms with Crippen molar-refractivity contribution >= 4 is 17.5 Å². The molecule has 0 aromatic heterocycles. The molecule has 0 aliphatic carbocycles. The van der Waals surface area contributed by atoms with E-state index in [-0.39, 0.29) is 11.8 Å². The van der Waals surface area contributed by atoms with Crippen molar-refractivity contribution in [2.45, 2.75) is 19.9 Å². The number of hydrogen-bond acceptors (Lipinski definition) is 3. The highest BCUT2D eigenvalue weighted by Gasteiger charge is 2.29. The summed E-state index contributed by atoms with van der Waals surface area (Å²) in [5, 5.41) is 0. The van der Waals surface area contributed by atoms with Gasteiger partial charge in [-0.3, -0.25) is 9.59 Å². The molecule has 1 fully saturated rings. The van der Waals surface area contributed by atoms with E-state index in [0.29, 0.717) is 18.5 Å². The molecule has 5 heteroatoms. The molecule has 1 saturated heterocycles. The van der Waals surface area contributed by atoms with Gasteiger partial charge < -0.3 is 14.7 Å². The molecule has 2 aromatic carbocycles. The van der Waals surface area contributed by atoms with E-state index >= 15 is 0 Å². The van der Waals surface area contributed by atoms with E-state index in [1.807, 2.05) is 58.3 Å². The second-order valence-corrected chi connectivity index (χ2v) is 7.21. The molecule has 27 heavy (non-hydrogen) atoms. The highest BCUT2D eigenvalue weighted by atomic mass is 16.2.